The Labute approximate surface area is 412 Å². The normalized spacial score (nSPS) is 11.7. The second-order valence-corrected chi connectivity index (χ2v) is 18.6. The quantitative estimate of drug-likeness (QED) is 0.141. The van der Waals surface area contributed by atoms with Gasteiger partial charge in [-0.2, -0.15) is 0 Å². The van der Waals surface area contributed by atoms with Gasteiger partial charge in [0.25, 0.3) is 0 Å². The molecule has 1 nitrogen and oxygen atoms in total. The Morgan fingerprint density at radius 2 is 0.465 bits per heavy atom. The number of hydrogen-bond donors (Lipinski definition) is 0. The number of rotatable bonds is 7. The minimum atomic E-state index is 1.13. The fourth-order valence-electron chi connectivity index (χ4n) is 11.8. The third kappa shape index (κ3) is 6.55. The number of fused-ring (bicyclic) bond motifs is 7. The van der Waals surface area contributed by atoms with Gasteiger partial charge in [0.15, 0.2) is 0 Å². The Balaban J connectivity index is 1.01. The molecule has 0 unspecified atom stereocenters. The molecule has 0 aliphatic heterocycles. The van der Waals surface area contributed by atoms with Crippen LogP contribution in [-0.4, -0.2) is 4.57 Å². The molecule has 0 saturated carbocycles. The summed E-state index contributed by atoms with van der Waals surface area (Å²) in [6.45, 7) is 0. The van der Waals surface area contributed by atoms with Gasteiger partial charge in [-0.05, 0) is 134 Å². The zero-order valence-corrected chi connectivity index (χ0v) is 38.9. The van der Waals surface area contributed by atoms with Crippen LogP contribution in [0.3, 0.4) is 0 Å². The molecule has 1 aromatic heterocycles. The van der Waals surface area contributed by atoms with Crippen LogP contribution in [0.25, 0.3) is 137 Å². The van der Waals surface area contributed by atoms with Crippen LogP contribution >= 0.6 is 0 Å². The Kier molecular flexibility index (Phi) is 9.60. The van der Waals surface area contributed by atoms with Gasteiger partial charge in [0.2, 0.25) is 0 Å². The summed E-state index contributed by atoms with van der Waals surface area (Å²) in [5, 5.41) is 12.4. The highest BCUT2D eigenvalue weighted by Crippen LogP contribution is 2.49. The number of benzene rings is 13. The molecule has 0 spiro atoms. The lowest BCUT2D eigenvalue weighted by atomic mass is 9.83. The fourth-order valence-corrected chi connectivity index (χ4v) is 11.8. The molecule has 13 aromatic carbocycles. The average molecular weight is 900 g/mol. The predicted octanol–water partition coefficient (Wildman–Crippen LogP) is 19.4. The summed E-state index contributed by atoms with van der Waals surface area (Å²) in [6, 6.07) is 101. The van der Waals surface area contributed by atoms with E-state index in [1.54, 1.807) is 0 Å². The van der Waals surface area contributed by atoms with E-state index >= 15 is 0 Å². The number of aromatic nitrogens is 1. The van der Waals surface area contributed by atoms with Crippen molar-refractivity contribution in [2.45, 2.75) is 0 Å². The summed E-state index contributed by atoms with van der Waals surface area (Å²) in [5.41, 5.74) is 18.2. The zero-order chi connectivity index (χ0) is 46.8. The van der Waals surface area contributed by atoms with Gasteiger partial charge >= 0.3 is 0 Å². The van der Waals surface area contributed by atoms with Crippen molar-refractivity contribution in [3.05, 3.63) is 273 Å². The molecule has 0 aliphatic carbocycles. The van der Waals surface area contributed by atoms with Crippen molar-refractivity contribution in [1.82, 2.24) is 4.57 Å². The standard InChI is InChI=1S/C70H45N/c1-4-22-46(23-5-1)51-28-10-12-30-55(51)69-61-36-18-14-32-57(61)67(58-33-15-19-37-62(58)69)48-40-42-53-54-43-41-49(45-66(54)71(65(53)44-48)50-26-8-3-9-27-50)68-59-34-16-20-38-63(59)70(64-39-21-17-35-60(64)68)56-31-13-11-29-52(56)47-24-6-2-7-25-47/h1-45H. The van der Waals surface area contributed by atoms with Gasteiger partial charge in [0.05, 0.1) is 11.0 Å². The minimum Gasteiger partial charge on any atom is -0.309 e. The number of para-hydroxylation sites is 1. The van der Waals surface area contributed by atoms with Gasteiger partial charge in [-0.1, -0.05) is 249 Å². The van der Waals surface area contributed by atoms with E-state index in [1.807, 2.05) is 0 Å². The molecule has 1 heteroatoms. The molecule has 14 aromatic rings. The lowest BCUT2D eigenvalue weighted by Crippen LogP contribution is -1.95. The summed E-state index contributed by atoms with van der Waals surface area (Å²) in [4.78, 5) is 0. The lowest BCUT2D eigenvalue weighted by molar-refractivity contribution is 1.18. The van der Waals surface area contributed by atoms with Crippen molar-refractivity contribution in [2.24, 2.45) is 0 Å². The molecular formula is C70H45N. The molecule has 0 atom stereocenters. The topological polar surface area (TPSA) is 4.93 Å². The summed E-state index contributed by atoms with van der Waals surface area (Å²) >= 11 is 0. The van der Waals surface area contributed by atoms with Crippen molar-refractivity contribution in [3.8, 4) is 72.4 Å². The van der Waals surface area contributed by atoms with Crippen molar-refractivity contribution < 1.29 is 0 Å². The Bertz CT molecular complexity index is 3990. The van der Waals surface area contributed by atoms with E-state index in [0.717, 1.165) is 5.69 Å². The predicted molar refractivity (Wildman–Crippen MR) is 303 cm³/mol. The number of hydrogen-bond acceptors (Lipinski definition) is 0. The molecule has 0 fully saturated rings. The molecule has 1 heterocycles. The molecule has 0 amide bonds. The lowest BCUT2D eigenvalue weighted by Gasteiger charge is -2.20. The van der Waals surface area contributed by atoms with Gasteiger partial charge < -0.3 is 4.57 Å². The maximum absolute atomic E-state index is 2.49. The summed E-state index contributed by atoms with van der Waals surface area (Å²) < 4.78 is 2.49. The third-order valence-electron chi connectivity index (χ3n) is 14.8. The van der Waals surface area contributed by atoms with E-state index in [4.69, 9.17) is 0 Å². The van der Waals surface area contributed by atoms with Crippen LogP contribution in [0.1, 0.15) is 0 Å². The zero-order valence-electron chi connectivity index (χ0n) is 38.9. The largest absolute Gasteiger partial charge is 0.309 e. The van der Waals surface area contributed by atoms with Crippen LogP contribution in [-0.2, 0) is 0 Å². The molecule has 0 radical (unpaired) electrons. The first kappa shape index (κ1) is 40.7. The van der Waals surface area contributed by atoms with Crippen molar-refractivity contribution in [1.29, 1.82) is 0 Å². The molecule has 0 N–H and O–H groups in total. The van der Waals surface area contributed by atoms with Gasteiger partial charge in [0.1, 0.15) is 0 Å². The molecule has 14 rings (SSSR count). The molecular weight excluding hydrogens is 855 g/mol. The van der Waals surface area contributed by atoms with Crippen LogP contribution in [0.15, 0.2) is 273 Å². The van der Waals surface area contributed by atoms with E-state index in [1.165, 1.54) is 132 Å². The Morgan fingerprint density at radius 1 is 0.183 bits per heavy atom. The van der Waals surface area contributed by atoms with Gasteiger partial charge in [-0.3, -0.25) is 0 Å². The SMILES string of the molecule is c1ccc(-c2ccccc2-c2c3ccccc3c(-c3ccc4c5ccc(-c6c7ccccc7c(-c7ccccc7-c7ccccc7)c7ccccc67)cc5n(-c5ccccc5)c4c3)c3ccccc23)cc1. The van der Waals surface area contributed by atoms with Crippen LogP contribution in [0, 0.1) is 0 Å². The van der Waals surface area contributed by atoms with Crippen molar-refractivity contribution in [2.75, 3.05) is 0 Å². The first-order valence-corrected chi connectivity index (χ1v) is 24.6. The van der Waals surface area contributed by atoms with E-state index < -0.39 is 0 Å². The van der Waals surface area contributed by atoms with E-state index in [-0.39, 0.29) is 0 Å². The van der Waals surface area contributed by atoms with Crippen LogP contribution < -0.4 is 0 Å². The maximum atomic E-state index is 2.49. The minimum absolute atomic E-state index is 1.13. The van der Waals surface area contributed by atoms with E-state index in [2.05, 4.69) is 278 Å². The smallest absolute Gasteiger partial charge is 0.0547 e. The fraction of sp³-hybridized carbons (Fsp3) is 0. The summed E-state index contributed by atoms with van der Waals surface area (Å²) in [5.74, 6) is 0. The third-order valence-corrected chi connectivity index (χ3v) is 14.8. The van der Waals surface area contributed by atoms with E-state index in [9.17, 15) is 0 Å². The van der Waals surface area contributed by atoms with Gasteiger partial charge in [0, 0.05) is 16.5 Å². The van der Waals surface area contributed by atoms with Crippen molar-refractivity contribution in [3.63, 3.8) is 0 Å². The van der Waals surface area contributed by atoms with Crippen LogP contribution in [0.2, 0.25) is 0 Å². The highest BCUT2D eigenvalue weighted by atomic mass is 15.0. The van der Waals surface area contributed by atoms with Gasteiger partial charge in [-0.25, -0.2) is 0 Å². The highest BCUT2D eigenvalue weighted by molar-refractivity contribution is 6.25. The van der Waals surface area contributed by atoms with Crippen molar-refractivity contribution >= 4 is 64.9 Å². The molecule has 71 heavy (non-hydrogen) atoms. The Hall–Kier alpha value is -9.30. The van der Waals surface area contributed by atoms with E-state index in [0.29, 0.717) is 0 Å². The molecule has 0 bridgehead atoms. The second kappa shape index (κ2) is 16.7. The monoisotopic (exact) mass is 899 g/mol. The first-order valence-electron chi connectivity index (χ1n) is 24.6. The highest BCUT2D eigenvalue weighted by Gasteiger charge is 2.23. The van der Waals surface area contributed by atoms with Gasteiger partial charge in [-0.15, -0.1) is 0 Å². The molecule has 330 valence electrons. The average Bonchev–Trinajstić information content (AvgIpc) is 3.77. The maximum Gasteiger partial charge on any atom is 0.0547 e. The van der Waals surface area contributed by atoms with Crippen LogP contribution in [0.4, 0.5) is 0 Å². The first-order chi connectivity index (χ1) is 35.3. The number of nitrogens with zero attached hydrogens (tertiary/aromatic N) is 1. The summed E-state index contributed by atoms with van der Waals surface area (Å²) in [6.07, 6.45) is 0. The summed E-state index contributed by atoms with van der Waals surface area (Å²) in [7, 11) is 0. The van der Waals surface area contributed by atoms with Crippen LogP contribution in [0.5, 0.6) is 0 Å². The second-order valence-electron chi connectivity index (χ2n) is 18.6. The Morgan fingerprint density at radius 3 is 0.817 bits per heavy atom. The molecule has 0 aliphatic rings. The molecule has 0 saturated heterocycles.